The summed E-state index contributed by atoms with van der Waals surface area (Å²) in [5.41, 5.74) is 1.81. The average molecular weight is 407 g/mol. The molecule has 1 heterocycles. The van der Waals surface area contributed by atoms with E-state index in [0.29, 0.717) is 27.3 Å². The van der Waals surface area contributed by atoms with E-state index in [0.717, 1.165) is 12.8 Å². The standard InChI is InChI=1S/C22H21N3O3S/c1-13(26)15-7-9-16(10-8-15)23-20(27)14(2)29-22-24-19-6-4-3-5-18(19)21(28)25(22)17-11-12-17/h3-10,14,17H,11-12H2,1-2H3,(H,23,27). The van der Waals surface area contributed by atoms with Crippen molar-refractivity contribution in [2.45, 2.75) is 43.1 Å². The number of amides is 1. The summed E-state index contributed by atoms with van der Waals surface area (Å²) in [5, 5.41) is 3.59. The third kappa shape index (κ3) is 4.10. The zero-order chi connectivity index (χ0) is 20.5. The monoisotopic (exact) mass is 407 g/mol. The van der Waals surface area contributed by atoms with Gasteiger partial charge in [0.15, 0.2) is 10.9 Å². The van der Waals surface area contributed by atoms with Gasteiger partial charge in [-0.2, -0.15) is 0 Å². The van der Waals surface area contributed by atoms with Crippen LogP contribution in [-0.2, 0) is 4.79 Å². The van der Waals surface area contributed by atoms with E-state index >= 15 is 0 Å². The molecular formula is C22H21N3O3S. The Morgan fingerprint density at radius 1 is 1.14 bits per heavy atom. The molecule has 1 unspecified atom stereocenters. The quantitative estimate of drug-likeness (QED) is 0.379. The lowest BCUT2D eigenvalue weighted by atomic mass is 10.1. The Bertz CT molecular complexity index is 1150. The number of ketones is 1. The Morgan fingerprint density at radius 3 is 2.48 bits per heavy atom. The maximum atomic E-state index is 12.9. The molecule has 6 nitrogen and oxygen atoms in total. The molecule has 0 spiro atoms. The van der Waals surface area contributed by atoms with Crippen LogP contribution in [0.25, 0.3) is 10.9 Å². The molecule has 1 fully saturated rings. The van der Waals surface area contributed by atoms with Gasteiger partial charge in [0.2, 0.25) is 5.91 Å². The van der Waals surface area contributed by atoms with Crippen LogP contribution in [0.2, 0.25) is 0 Å². The summed E-state index contributed by atoms with van der Waals surface area (Å²) in [5.74, 6) is -0.206. The van der Waals surface area contributed by atoms with Gasteiger partial charge in [0.1, 0.15) is 0 Å². The zero-order valence-electron chi connectivity index (χ0n) is 16.2. The van der Waals surface area contributed by atoms with E-state index in [1.807, 2.05) is 18.2 Å². The highest BCUT2D eigenvalue weighted by atomic mass is 32.2. The lowest BCUT2D eigenvalue weighted by Gasteiger charge is -2.16. The van der Waals surface area contributed by atoms with Crippen molar-refractivity contribution in [3.63, 3.8) is 0 Å². The minimum Gasteiger partial charge on any atom is -0.325 e. The van der Waals surface area contributed by atoms with Crippen molar-refractivity contribution in [1.29, 1.82) is 0 Å². The van der Waals surface area contributed by atoms with Crippen LogP contribution in [0.15, 0.2) is 58.5 Å². The van der Waals surface area contributed by atoms with E-state index in [4.69, 9.17) is 0 Å². The van der Waals surface area contributed by atoms with Crippen molar-refractivity contribution in [2.75, 3.05) is 5.32 Å². The van der Waals surface area contributed by atoms with E-state index in [1.165, 1.54) is 18.7 Å². The van der Waals surface area contributed by atoms with Gasteiger partial charge in [-0.05, 0) is 63.1 Å². The molecule has 1 aliphatic rings. The van der Waals surface area contributed by atoms with E-state index in [-0.39, 0.29) is 23.3 Å². The normalized spacial score (nSPS) is 14.6. The Labute approximate surface area is 172 Å². The molecule has 2 aromatic carbocycles. The third-order valence-electron chi connectivity index (χ3n) is 4.90. The summed E-state index contributed by atoms with van der Waals surface area (Å²) < 4.78 is 1.73. The van der Waals surface area contributed by atoms with Crippen molar-refractivity contribution >= 4 is 40.0 Å². The molecule has 3 aromatic rings. The number of nitrogens with zero attached hydrogens (tertiary/aromatic N) is 2. The Kier molecular flexibility index (Phi) is 5.24. The second-order valence-electron chi connectivity index (χ2n) is 7.20. The van der Waals surface area contributed by atoms with Crippen molar-refractivity contribution in [3.8, 4) is 0 Å². The highest BCUT2D eigenvalue weighted by molar-refractivity contribution is 8.00. The van der Waals surface area contributed by atoms with Gasteiger partial charge in [0, 0.05) is 17.3 Å². The summed E-state index contributed by atoms with van der Waals surface area (Å²) in [4.78, 5) is 41.7. The number of carbonyl (C=O) groups is 2. The number of fused-ring (bicyclic) bond motifs is 1. The molecule has 1 N–H and O–H groups in total. The number of nitrogens with one attached hydrogen (secondary N) is 1. The molecule has 148 valence electrons. The highest BCUT2D eigenvalue weighted by Gasteiger charge is 2.30. The fourth-order valence-electron chi connectivity index (χ4n) is 3.11. The Morgan fingerprint density at radius 2 is 1.83 bits per heavy atom. The lowest BCUT2D eigenvalue weighted by Crippen LogP contribution is -2.26. The van der Waals surface area contributed by atoms with Crippen molar-refractivity contribution in [1.82, 2.24) is 9.55 Å². The molecule has 1 aromatic heterocycles. The first-order valence-corrected chi connectivity index (χ1v) is 10.4. The molecule has 1 amide bonds. The second kappa shape index (κ2) is 7.83. The van der Waals surface area contributed by atoms with E-state index in [9.17, 15) is 14.4 Å². The maximum absolute atomic E-state index is 12.9. The minimum atomic E-state index is -0.444. The predicted octanol–water partition coefficient (Wildman–Crippen LogP) is 4.05. The molecule has 0 radical (unpaired) electrons. The molecular weight excluding hydrogens is 386 g/mol. The molecule has 0 bridgehead atoms. The maximum Gasteiger partial charge on any atom is 0.262 e. The molecule has 1 saturated carbocycles. The first-order chi connectivity index (χ1) is 13.9. The highest BCUT2D eigenvalue weighted by Crippen LogP contribution is 2.37. The van der Waals surface area contributed by atoms with Gasteiger partial charge in [0.05, 0.1) is 16.2 Å². The third-order valence-corrected chi connectivity index (χ3v) is 5.96. The largest absolute Gasteiger partial charge is 0.325 e. The number of carbonyl (C=O) groups excluding carboxylic acids is 2. The first kappa shape index (κ1) is 19.4. The Hall–Kier alpha value is -2.93. The first-order valence-electron chi connectivity index (χ1n) is 9.54. The number of anilines is 1. The van der Waals surface area contributed by atoms with Crippen LogP contribution in [0.3, 0.4) is 0 Å². The van der Waals surface area contributed by atoms with Gasteiger partial charge >= 0.3 is 0 Å². The van der Waals surface area contributed by atoms with E-state index in [2.05, 4.69) is 10.3 Å². The van der Waals surface area contributed by atoms with Crippen LogP contribution >= 0.6 is 11.8 Å². The van der Waals surface area contributed by atoms with Gasteiger partial charge in [-0.1, -0.05) is 23.9 Å². The van der Waals surface area contributed by atoms with Crippen LogP contribution < -0.4 is 10.9 Å². The number of hydrogen-bond acceptors (Lipinski definition) is 5. The van der Waals surface area contributed by atoms with Gasteiger partial charge in [-0.15, -0.1) is 0 Å². The van der Waals surface area contributed by atoms with E-state index in [1.54, 1.807) is 41.8 Å². The van der Waals surface area contributed by atoms with Gasteiger partial charge in [0.25, 0.3) is 5.56 Å². The SMILES string of the molecule is CC(=O)c1ccc(NC(=O)C(C)Sc2nc3ccccc3c(=O)n2C2CC2)cc1. The topological polar surface area (TPSA) is 81.1 Å². The summed E-state index contributed by atoms with van der Waals surface area (Å²) >= 11 is 1.29. The second-order valence-corrected chi connectivity index (χ2v) is 8.51. The van der Waals surface area contributed by atoms with Crippen molar-refractivity contribution < 1.29 is 9.59 Å². The summed E-state index contributed by atoms with van der Waals surface area (Å²) in [6.07, 6.45) is 1.91. The molecule has 1 aliphatic carbocycles. The van der Waals surface area contributed by atoms with Gasteiger partial charge < -0.3 is 5.32 Å². The molecule has 4 rings (SSSR count). The summed E-state index contributed by atoms with van der Waals surface area (Å²) in [7, 11) is 0. The predicted molar refractivity (Wildman–Crippen MR) is 115 cm³/mol. The van der Waals surface area contributed by atoms with Gasteiger partial charge in [-0.3, -0.25) is 19.0 Å². The summed E-state index contributed by atoms with van der Waals surface area (Å²) in [6, 6.07) is 14.3. The average Bonchev–Trinajstić information content (AvgIpc) is 3.53. The van der Waals surface area contributed by atoms with Crippen LogP contribution in [0, 0.1) is 0 Å². The fraction of sp³-hybridized carbons (Fsp3) is 0.273. The fourth-order valence-corrected chi connectivity index (χ4v) is 4.09. The Balaban J connectivity index is 1.56. The molecule has 0 saturated heterocycles. The number of hydrogen-bond donors (Lipinski definition) is 1. The zero-order valence-corrected chi connectivity index (χ0v) is 17.0. The van der Waals surface area contributed by atoms with Crippen molar-refractivity contribution in [3.05, 3.63) is 64.4 Å². The van der Waals surface area contributed by atoms with E-state index < -0.39 is 5.25 Å². The minimum absolute atomic E-state index is 0.0211. The lowest BCUT2D eigenvalue weighted by molar-refractivity contribution is -0.115. The molecule has 7 heteroatoms. The number of Topliss-reactive ketones (excluding diaryl/α,β-unsaturated/α-hetero) is 1. The number of aromatic nitrogens is 2. The molecule has 29 heavy (non-hydrogen) atoms. The van der Waals surface area contributed by atoms with Crippen LogP contribution in [-0.4, -0.2) is 26.5 Å². The number of benzene rings is 2. The van der Waals surface area contributed by atoms with Crippen LogP contribution in [0.5, 0.6) is 0 Å². The van der Waals surface area contributed by atoms with Crippen molar-refractivity contribution in [2.24, 2.45) is 0 Å². The number of para-hydroxylation sites is 1. The molecule has 0 aliphatic heterocycles. The van der Waals surface area contributed by atoms with Crippen LogP contribution in [0.1, 0.15) is 43.1 Å². The smallest absolute Gasteiger partial charge is 0.262 e. The van der Waals surface area contributed by atoms with Crippen LogP contribution in [0.4, 0.5) is 5.69 Å². The number of rotatable bonds is 6. The summed E-state index contributed by atoms with van der Waals surface area (Å²) in [6.45, 7) is 3.30. The number of thioether (sulfide) groups is 1. The van der Waals surface area contributed by atoms with Gasteiger partial charge in [-0.25, -0.2) is 4.98 Å². The molecule has 1 atom stereocenters.